The first kappa shape index (κ1) is 10.5. The SMILES string of the molecule is CC(C)CSc1ccnc(CN)c1. The topological polar surface area (TPSA) is 38.9 Å². The molecule has 1 aromatic heterocycles. The van der Waals surface area contributed by atoms with Crippen LogP contribution >= 0.6 is 11.8 Å². The highest BCUT2D eigenvalue weighted by Crippen LogP contribution is 2.20. The van der Waals surface area contributed by atoms with Gasteiger partial charge < -0.3 is 5.73 Å². The Kier molecular flexibility index (Phi) is 4.25. The molecule has 0 spiro atoms. The lowest BCUT2D eigenvalue weighted by Crippen LogP contribution is -1.99. The van der Waals surface area contributed by atoms with E-state index in [-0.39, 0.29) is 0 Å². The van der Waals surface area contributed by atoms with Crippen molar-refractivity contribution in [3.63, 3.8) is 0 Å². The molecule has 13 heavy (non-hydrogen) atoms. The molecule has 3 heteroatoms. The number of nitrogens with two attached hydrogens (primary N) is 1. The molecular formula is C10H16N2S. The molecule has 0 amide bonds. The van der Waals surface area contributed by atoms with Crippen molar-refractivity contribution < 1.29 is 0 Å². The van der Waals surface area contributed by atoms with Crippen LogP contribution in [0, 0.1) is 5.92 Å². The second kappa shape index (κ2) is 5.25. The minimum atomic E-state index is 0.524. The van der Waals surface area contributed by atoms with Crippen molar-refractivity contribution >= 4 is 11.8 Å². The molecule has 72 valence electrons. The molecule has 0 atom stereocenters. The van der Waals surface area contributed by atoms with Crippen molar-refractivity contribution in [1.82, 2.24) is 4.98 Å². The van der Waals surface area contributed by atoms with E-state index in [4.69, 9.17) is 5.73 Å². The molecular weight excluding hydrogens is 180 g/mol. The minimum absolute atomic E-state index is 0.524. The number of hydrogen-bond donors (Lipinski definition) is 1. The summed E-state index contributed by atoms with van der Waals surface area (Å²) in [5.41, 5.74) is 6.47. The number of nitrogens with zero attached hydrogens (tertiary/aromatic N) is 1. The Labute approximate surface area is 83.9 Å². The zero-order chi connectivity index (χ0) is 9.68. The van der Waals surface area contributed by atoms with E-state index in [1.807, 2.05) is 24.0 Å². The maximum Gasteiger partial charge on any atom is 0.0550 e. The van der Waals surface area contributed by atoms with Gasteiger partial charge in [0.25, 0.3) is 0 Å². The first-order chi connectivity index (χ1) is 6.22. The van der Waals surface area contributed by atoms with Crippen LogP contribution in [0.3, 0.4) is 0 Å². The molecule has 1 rings (SSSR count). The van der Waals surface area contributed by atoms with Crippen LogP contribution in [-0.4, -0.2) is 10.7 Å². The van der Waals surface area contributed by atoms with Gasteiger partial charge in [0, 0.05) is 23.4 Å². The lowest BCUT2D eigenvalue weighted by Gasteiger charge is -2.04. The Morgan fingerprint density at radius 1 is 1.54 bits per heavy atom. The van der Waals surface area contributed by atoms with Crippen molar-refractivity contribution in [1.29, 1.82) is 0 Å². The van der Waals surface area contributed by atoms with Gasteiger partial charge in [-0.1, -0.05) is 13.8 Å². The molecule has 0 aromatic carbocycles. The highest BCUT2D eigenvalue weighted by atomic mass is 32.2. The molecule has 0 aliphatic heterocycles. The van der Waals surface area contributed by atoms with E-state index >= 15 is 0 Å². The lowest BCUT2D eigenvalue weighted by atomic mass is 10.3. The van der Waals surface area contributed by atoms with Gasteiger partial charge >= 0.3 is 0 Å². The van der Waals surface area contributed by atoms with Crippen molar-refractivity contribution in [3.05, 3.63) is 24.0 Å². The van der Waals surface area contributed by atoms with E-state index in [1.54, 1.807) is 0 Å². The Morgan fingerprint density at radius 3 is 2.92 bits per heavy atom. The smallest absolute Gasteiger partial charge is 0.0550 e. The number of thioether (sulfide) groups is 1. The van der Waals surface area contributed by atoms with Crippen LogP contribution in [0.25, 0.3) is 0 Å². The maximum atomic E-state index is 5.50. The van der Waals surface area contributed by atoms with Gasteiger partial charge in [-0.2, -0.15) is 0 Å². The molecule has 0 aliphatic rings. The van der Waals surface area contributed by atoms with Gasteiger partial charge in [-0.05, 0) is 18.1 Å². The first-order valence-corrected chi connectivity index (χ1v) is 5.48. The van der Waals surface area contributed by atoms with Crippen LogP contribution in [-0.2, 0) is 6.54 Å². The van der Waals surface area contributed by atoms with Gasteiger partial charge in [0.1, 0.15) is 0 Å². The van der Waals surface area contributed by atoms with Crippen LogP contribution in [0.15, 0.2) is 23.2 Å². The van der Waals surface area contributed by atoms with Crippen molar-refractivity contribution in [2.75, 3.05) is 5.75 Å². The molecule has 0 unspecified atom stereocenters. The highest BCUT2D eigenvalue weighted by molar-refractivity contribution is 7.99. The largest absolute Gasteiger partial charge is 0.325 e. The highest BCUT2D eigenvalue weighted by Gasteiger charge is 1.98. The predicted molar refractivity (Wildman–Crippen MR) is 57.7 cm³/mol. The molecule has 2 nitrogen and oxygen atoms in total. The third-order valence-electron chi connectivity index (χ3n) is 1.58. The number of rotatable bonds is 4. The van der Waals surface area contributed by atoms with Crippen molar-refractivity contribution in [2.24, 2.45) is 11.7 Å². The average Bonchev–Trinajstić information content (AvgIpc) is 2.15. The number of pyridine rings is 1. The normalized spacial score (nSPS) is 10.8. The van der Waals surface area contributed by atoms with Crippen LogP contribution in [0.2, 0.25) is 0 Å². The Bertz CT molecular complexity index is 261. The van der Waals surface area contributed by atoms with Gasteiger partial charge in [0.15, 0.2) is 0 Å². The fraction of sp³-hybridized carbons (Fsp3) is 0.500. The molecule has 1 heterocycles. The Hall–Kier alpha value is -0.540. The average molecular weight is 196 g/mol. The molecule has 0 saturated heterocycles. The summed E-state index contributed by atoms with van der Waals surface area (Å²) < 4.78 is 0. The summed E-state index contributed by atoms with van der Waals surface area (Å²) >= 11 is 1.86. The molecule has 0 saturated carbocycles. The minimum Gasteiger partial charge on any atom is -0.325 e. The van der Waals surface area contributed by atoms with Gasteiger partial charge in [0.2, 0.25) is 0 Å². The van der Waals surface area contributed by atoms with Gasteiger partial charge in [-0.15, -0.1) is 11.8 Å². The fourth-order valence-electron chi connectivity index (χ4n) is 0.920. The summed E-state index contributed by atoms with van der Waals surface area (Å²) in [4.78, 5) is 5.41. The van der Waals surface area contributed by atoms with Crippen LogP contribution < -0.4 is 5.73 Å². The summed E-state index contributed by atoms with van der Waals surface area (Å²) in [6.07, 6.45) is 1.82. The molecule has 0 radical (unpaired) electrons. The van der Waals surface area contributed by atoms with E-state index in [9.17, 15) is 0 Å². The Morgan fingerprint density at radius 2 is 2.31 bits per heavy atom. The monoisotopic (exact) mass is 196 g/mol. The van der Waals surface area contributed by atoms with E-state index in [0.29, 0.717) is 6.54 Å². The van der Waals surface area contributed by atoms with E-state index in [0.717, 1.165) is 17.4 Å². The summed E-state index contributed by atoms with van der Waals surface area (Å²) in [7, 11) is 0. The van der Waals surface area contributed by atoms with Crippen LogP contribution in [0.5, 0.6) is 0 Å². The number of aromatic nitrogens is 1. The van der Waals surface area contributed by atoms with Crippen molar-refractivity contribution in [2.45, 2.75) is 25.3 Å². The van der Waals surface area contributed by atoms with Crippen LogP contribution in [0.1, 0.15) is 19.5 Å². The summed E-state index contributed by atoms with van der Waals surface area (Å²) in [5, 5.41) is 0. The predicted octanol–water partition coefficient (Wildman–Crippen LogP) is 2.29. The fourth-order valence-corrected chi connectivity index (χ4v) is 1.82. The van der Waals surface area contributed by atoms with Gasteiger partial charge in [-0.25, -0.2) is 0 Å². The van der Waals surface area contributed by atoms with Crippen molar-refractivity contribution in [3.8, 4) is 0 Å². The first-order valence-electron chi connectivity index (χ1n) is 4.50. The van der Waals surface area contributed by atoms with Gasteiger partial charge in [-0.3, -0.25) is 4.98 Å². The third-order valence-corrected chi connectivity index (χ3v) is 3.00. The summed E-state index contributed by atoms with van der Waals surface area (Å²) in [6, 6.07) is 4.10. The molecule has 1 aromatic rings. The zero-order valence-corrected chi connectivity index (χ0v) is 8.97. The molecule has 0 aliphatic carbocycles. The maximum absolute atomic E-state index is 5.50. The summed E-state index contributed by atoms with van der Waals surface area (Å²) in [6.45, 7) is 4.96. The second-order valence-electron chi connectivity index (χ2n) is 3.39. The van der Waals surface area contributed by atoms with E-state index in [1.165, 1.54) is 4.90 Å². The third kappa shape index (κ3) is 3.79. The molecule has 0 fully saturated rings. The van der Waals surface area contributed by atoms with Gasteiger partial charge in [0.05, 0.1) is 5.69 Å². The molecule has 0 bridgehead atoms. The Balaban J connectivity index is 2.56. The standard InChI is InChI=1S/C10H16N2S/c1-8(2)7-13-10-3-4-12-9(5-10)6-11/h3-5,8H,6-7,11H2,1-2H3. The summed E-state index contributed by atoms with van der Waals surface area (Å²) in [5.74, 6) is 1.87. The lowest BCUT2D eigenvalue weighted by molar-refractivity contribution is 0.750. The number of hydrogen-bond acceptors (Lipinski definition) is 3. The quantitative estimate of drug-likeness (QED) is 0.751. The van der Waals surface area contributed by atoms with Crippen LogP contribution in [0.4, 0.5) is 0 Å². The molecule has 2 N–H and O–H groups in total. The van der Waals surface area contributed by atoms with E-state index < -0.39 is 0 Å². The van der Waals surface area contributed by atoms with E-state index in [2.05, 4.69) is 24.9 Å². The zero-order valence-electron chi connectivity index (χ0n) is 8.16. The second-order valence-corrected chi connectivity index (χ2v) is 4.49.